The Hall–Kier alpha value is -5.18. The maximum Gasteiger partial charge on any atom is 0.327 e. The molecule has 0 fully saturated rings. The highest BCUT2D eigenvalue weighted by Crippen LogP contribution is 2.44. The molecule has 242 valence electrons. The van der Waals surface area contributed by atoms with Gasteiger partial charge in [0, 0.05) is 11.4 Å². The Morgan fingerprint density at radius 1 is 0.761 bits per heavy atom. The van der Waals surface area contributed by atoms with Gasteiger partial charge in [-0.05, 0) is 48.5 Å². The van der Waals surface area contributed by atoms with Gasteiger partial charge in [-0.3, -0.25) is 39.2 Å². The van der Waals surface area contributed by atoms with Crippen molar-refractivity contribution in [1.82, 2.24) is 19.9 Å². The molecule has 0 saturated carbocycles. The number of hydrogen-bond donors (Lipinski definition) is 10. The smallest absolute Gasteiger partial charge is 0.327 e. The largest absolute Gasteiger partial charge is 0.399 e. The number of benzene rings is 2. The van der Waals surface area contributed by atoms with Crippen molar-refractivity contribution >= 4 is 38.6 Å². The molecule has 1 aliphatic heterocycles. The second-order valence-electron chi connectivity index (χ2n) is 10.3. The lowest BCUT2D eigenvalue weighted by Gasteiger charge is -2.35. The van der Waals surface area contributed by atoms with Crippen LogP contribution in [0.4, 0.5) is 23.0 Å². The van der Waals surface area contributed by atoms with Gasteiger partial charge >= 0.3 is 11.4 Å². The third kappa shape index (κ3) is 5.46. The highest BCUT2D eigenvalue weighted by atomic mass is 32.2. The molecule has 0 unspecified atom stereocenters. The number of H-pyrrole nitrogens is 4. The molecule has 19 heteroatoms. The summed E-state index contributed by atoms with van der Waals surface area (Å²) in [5.41, 5.74) is 0.0358. The molecule has 46 heavy (non-hydrogen) atoms. The fourth-order valence-electron chi connectivity index (χ4n) is 5.07. The van der Waals surface area contributed by atoms with E-state index in [1.807, 2.05) is 9.97 Å². The number of aromatic nitrogens is 4. The van der Waals surface area contributed by atoms with Gasteiger partial charge in [0.05, 0.1) is 33.4 Å². The molecule has 0 spiro atoms. The van der Waals surface area contributed by atoms with E-state index < -0.39 is 97.8 Å². The number of aromatic amines is 4. The zero-order chi connectivity index (χ0) is 33.7. The molecule has 0 bridgehead atoms. The number of carbonyl (C=O) groups excluding carboxylic acids is 1. The average molecular weight is 659 g/mol. The molecular formula is C27H26N6O12S. The number of ketones is 1. The van der Waals surface area contributed by atoms with Gasteiger partial charge in [0.2, 0.25) is 9.84 Å². The van der Waals surface area contributed by atoms with Gasteiger partial charge < -0.3 is 31.3 Å². The van der Waals surface area contributed by atoms with E-state index in [1.165, 1.54) is 48.5 Å². The number of sulfone groups is 1. The zero-order valence-electron chi connectivity index (χ0n) is 23.2. The van der Waals surface area contributed by atoms with Crippen LogP contribution in [-0.4, -0.2) is 90.7 Å². The molecule has 5 rings (SSSR count). The normalized spacial score (nSPS) is 15.8. The molecule has 18 nitrogen and oxygen atoms in total. The Balaban J connectivity index is 1.69. The van der Waals surface area contributed by atoms with Gasteiger partial charge in [-0.2, -0.15) is 0 Å². The highest BCUT2D eigenvalue weighted by Gasteiger charge is 2.46. The quantitative estimate of drug-likeness (QED) is 0.0791. The van der Waals surface area contributed by atoms with Crippen molar-refractivity contribution in [2.24, 2.45) is 0 Å². The predicted molar refractivity (Wildman–Crippen MR) is 158 cm³/mol. The standard InChI is InChI=1S/C27H26N6O12S/c28-10-1-5-12(6-2-10)46(44,45)13-7-3-11(4-8-13)33-22-16(24(40)31-26(42)29-22)15(17-23(33)30-27(43)32-25(17)41)19(37)21(39)20(38)18(36)14(35)9-34/h1-8,14-15,18,20-21,34-36,38-39H,9,28H2,(H2,29,31,40,42)(H2,30,32,41,43)/t14-,18-,20+,21+/m1/s1. The number of anilines is 4. The van der Waals surface area contributed by atoms with E-state index >= 15 is 0 Å². The first-order valence-corrected chi connectivity index (χ1v) is 14.8. The fourth-order valence-corrected chi connectivity index (χ4v) is 6.34. The van der Waals surface area contributed by atoms with Crippen LogP contribution in [0.5, 0.6) is 0 Å². The van der Waals surface area contributed by atoms with Crippen LogP contribution in [0.2, 0.25) is 0 Å². The molecular weight excluding hydrogens is 632 g/mol. The van der Waals surface area contributed by atoms with Crippen molar-refractivity contribution in [2.45, 2.75) is 40.1 Å². The first-order chi connectivity index (χ1) is 21.7. The molecule has 11 N–H and O–H groups in total. The number of aliphatic hydroxyl groups excluding tert-OH is 5. The minimum atomic E-state index is -4.05. The molecule has 0 saturated heterocycles. The summed E-state index contributed by atoms with van der Waals surface area (Å²) in [5, 5.41) is 49.9. The third-order valence-electron chi connectivity index (χ3n) is 7.37. The minimum absolute atomic E-state index is 0.0192. The monoisotopic (exact) mass is 658 g/mol. The van der Waals surface area contributed by atoms with Gasteiger partial charge in [0.1, 0.15) is 36.1 Å². The minimum Gasteiger partial charge on any atom is -0.399 e. The Kier molecular flexibility index (Phi) is 8.38. The van der Waals surface area contributed by atoms with Crippen molar-refractivity contribution in [3.05, 3.63) is 101 Å². The Morgan fingerprint density at radius 2 is 1.22 bits per heavy atom. The van der Waals surface area contributed by atoms with Crippen molar-refractivity contribution in [3.63, 3.8) is 0 Å². The van der Waals surface area contributed by atoms with Gasteiger partial charge in [-0.1, -0.05) is 0 Å². The molecule has 3 heterocycles. The van der Waals surface area contributed by atoms with Crippen molar-refractivity contribution < 1.29 is 38.7 Å². The first kappa shape index (κ1) is 32.2. The van der Waals surface area contributed by atoms with Gasteiger partial charge in [0.15, 0.2) is 5.78 Å². The highest BCUT2D eigenvalue weighted by molar-refractivity contribution is 7.91. The van der Waals surface area contributed by atoms with Crippen LogP contribution in [-0.2, 0) is 14.6 Å². The number of aliphatic hydroxyl groups is 5. The summed E-state index contributed by atoms with van der Waals surface area (Å²) in [6.45, 7) is -1.06. The summed E-state index contributed by atoms with van der Waals surface area (Å²) >= 11 is 0. The summed E-state index contributed by atoms with van der Waals surface area (Å²) in [7, 11) is -4.05. The van der Waals surface area contributed by atoms with E-state index in [2.05, 4.69) is 9.97 Å². The number of nitrogen functional groups attached to an aromatic ring is 1. The zero-order valence-corrected chi connectivity index (χ0v) is 24.1. The van der Waals surface area contributed by atoms with E-state index in [0.717, 1.165) is 4.90 Å². The van der Waals surface area contributed by atoms with E-state index in [0.29, 0.717) is 5.69 Å². The van der Waals surface area contributed by atoms with E-state index in [4.69, 9.17) is 10.8 Å². The topological polar surface area (TPSA) is 313 Å². The first-order valence-electron chi connectivity index (χ1n) is 13.3. The Bertz CT molecular complexity index is 2080. The fraction of sp³-hybridized carbons (Fsp3) is 0.222. The van der Waals surface area contributed by atoms with Crippen LogP contribution < -0.4 is 33.1 Å². The van der Waals surface area contributed by atoms with Crippen molar-refractivity contribution in [2.75, 3.05) is 17.2 Å². The summed E-state index contributed by atoms with van der Waals surface area (Å²) in [6, 6.07) is 10.2. The lowest BCUT2D eigenvalue weighted by Crippen LogP contribution is -2.51. The number of carbonyl (C=O) groups is 1. The molecule has 2 aromatic heterocycles. The van der Waals surface area contributed by atoms with E-state index in [1.54, 1.807) is 0 Å². The number of nitrogens with one attached hydrogen (secondary N) is 4. The number of rotatable bonds is 9. The molecule has 0 amide bonds. The Morgan fingerprint density at radius 3 is 1.67 bits per heavy atom. The summed E-state index contributed by atoms with van der Waals surface area (Å²) < 4.78 is 26.4. The maximum atomic E-state index is 13.7. The summed E-state index contributed by atoms with van der Waals surface area (Å²) in [6.07, 6.45) is -9.26. The van der Waals surface area contributed by atoms with Crippen LogP contribution in [0.1, 0.15) is 17.0 Å². The van der Waals surface area contributed by atoms with Crippen molar-refractivity contribution in [1.29, 1.82) is 0 Å². The number of nitrogens with zero attached hydrogens (tertiary/aromatic N) is 1. The maximum absolute atomic E-state index is 13.7. The number of Topliss-reactive ketones (excluding diaryl/α,β-unsaturated/α-hetero) is 1. The van der Waals surface area contributed by atoms with Gasteiger partial charge in [-0.15, -0.1) is 0 Å². The van der Waals surface area contributed by atoms with Crippen molar-refractivity contribution in [3.8, 4) is 0 Å². The van der Waals surface area contributed by atoms with E-state index in [9.17, 15) is 52.8 Å². The lowest BCUT2D eigenvalue weighted by atomic mass is 9.82. The molecule has 2 aromatic carbocycles. The number of fused-ring (bicyclic) bond motifs is 2. The molecule has 0 radical (unpaired) electrons. The second kappa shape index (κ2) is 12.0. The molecule has 4 aromatic rings. The third-order valence-corrected chi connectivity index (χ3v) is 9.15. The second-order valence-corrected chi connectivity index (χ2v) is 12.2. The molecule has 4 atom stereocenters. The van der Waals surface area contributed by atoms with Crippen LogP contribution in [0.15, 0.2) is 77.5 Å². The number of nitrogens with two attached hydrogens (primary N) is 1. The summed E-state index contributed by atoms with van der Waals surface area (Å²) in [5.74, 6) is -4.52. The van der Waals surface area contributed by atoms with Crippen LogP contribution in [0.3, 0.4) is 0 Å². The van der Waals surface area contributed by atoms with Crippen LogP contribution >= 0.6 is 0 Å². The average Bonchev–Trinajstić information content (AvgIpc) is 3.02. The predicted octanol–water partition coefficient (Wildman–Crippen LogP) is -3.23. The lowest BCUT2D eigenvalue weighted by molar-refractivity contribution is -0.147. The van der Waals surface area contributed by atoms with Crippen LogP contribution in [0, 0.1) is 0 Å². The SMILES string of the molecule is Nc1ccc(S(=O)(=O)c2ccc(N3c4[nH]c(=O)[nH]c(=O)c4C(C(=O)[C@H](O)[C@@H](O)[C@H](O)[C@H](O)CO)c4c3[nH]c(=O)[nH]c4=O)cc2)cc1. The molecule has 1 aliphatic rings. The number of hydrogen-bond acceptors (Lipinski definition) is 14. The van der Waals surface area contributed by atoms with Crippen LogP contribution in [0.25, 0.3) is 0 Å². The summed E-state index contributed by atoms with van der Waals surface area (Å²) in [4.78, 5) is 74.1. The molecule has 0 aliphatic carbocycles. The Labute approximate surface area is 256 Å². The van der Waals surface area contributed by atoms with Gasteiger partial charge in [-0.25, -0.2) is 18.0 Å². The van der Waals surface area contributed by atoms with E-state index in [-0.39, 0.29) is 15.5 Å². The van der Waals surface area contributed by atoms with Gasteiger partial charge in [0.25, 0.3) is 11.1 Å².